The molecule has 1 rings (SSSR count). The number of aryl methyl sites for hydroxylation is 1. The summed E-state index contributed by atoms with van der Waals surface area (Å²) in [6.45, 7) is 3.31. The minimum absolute atomic E-state index is 0.0498. The van der Waals surface area contributed by atoms with Crippen LogP contribution in [0.5, 0.6) is 0 Å². The molecule has 5 heteroatoms. The van der Waals surface area contributed by atoms with E-state index in [1.807, 2.05) is 6.92 Å². The molecule has 0 unspecified atom stereocenters. The van der Waals surface area contributed by atoms with E-state index in [0.29, 0.717) is 10.7 Å². The number of hydrogen-bond acceptors (Lipinski definition) is 4. The molecule has 0 saturated heterocycles. The Morgan fingerprint density at radius 1 is 1.67 bits per heavy atom. The highest BCUT2D eigenvalue weighted by molar-refractivity contribution is 7.81. The highest BCUT2D eigenvalue weighted by Gasteiger charge is 2.12. The Bertz CT molecular complexity index is 343. The molecule has 0 radical (unpaired) electrons. The van der Waals surface area contributed by atoms with E-state index in [-0.39, 0.29) is 10.8 Å². The number of ketones is 1. The Balaban J connectivity index is 3.17. The number of aromatic nitrogens is 1. The normalized spacial score (nSPS) is 9.83. The van der Waals surface area contributed by atoms with Crippen molar-refractivity contribution in [3.8, 4) is 0 Å². The number of thiazole rings is 1. The van der Waals surface area contributed by atoms with Gasteiger partial charge in [0.2, 0.25) is 0 Å². The first kappa shape index (κ1) is 9.28. The van der Waals surface area contributed by atoms with Crippen molar-refractivity contribution < 1.29 is 4.79 Å². The number of thiocarbonyl (C=S) groups is 1. The molecule has 0 saturated carbocycles. The second-order valence-corrected chi connectivity index (χ2v) is 3.99. The fourth-order valence-corrected chi connectivity index (χ4v) is 1.81. The zero-order valence-corrected chi connectivity index (χ0v) is 8.38. The third-order valence-corrected chi connectivity index (χ3v) is 2.67. The second kappa shape index (κ2) is 3.28. The van der Waals surface area contributed by atoms with E-state index in [4.69, 9.17) is 18.0 Å². The first-order chi connectivity index (χ1) is 5.52. The van der Waals surface area contributed by atoms with E-state index in [0.717, 1.165) is 4.88 Å². The minimum atomic E-state index is -0.0498. The molecule has 0 amide bonds. The zero-order chi connectivity index (χ0) is 9.30. The van der Waals surface area contributed by atoms with E-state index >= 15 is 0 Å². The van der Waals surface area contributed by atoms with Gasteiger partial charge in [-0.05, 0) is 6.92 Å². The van der Waals surface area contributed by atoms with Crippen LogP contribution in [-0.2, 0) is 0 Å². The summed E-state index contributed by atoms with van der Waals surface area (Å²) < 4.78 is 0. The summed E-state index contributed by atoms with van der Waals surface area (Å²) in [7, 11) is 0. The van der Waals surface area contributed by atoms with Gasteiger partial charge in [-0.3, -0.25) is 4.79 Å². The van der Waals surface area contributed by atoms with Crippen molar-refractivity contribution in [2.45, 2.75) is 13.8 Å². The van der Waals surface area contributed by atoms with Gasteiger partial charge >= 0.3 is 0 Å². The van der Waals surface area contributed by atoms with Crippen molar-refractivity contribution in [3.63, 3.8) is 0 Å². The Kier molecular flexibility index (Phi) is 2.54. The van der Waals surface area contributed by atoms with E-state index in [9.17, 15) is 4.79 Å². The standard InChI is InChI=1S/C7H8N2OS2/c1-3(10)5-4(2)12-7(9-5)6(8)11/h1-2H3,(H2,8,11). The fourth-order valence-electron chi connectivity index (χ4n) is 0.828. The van der Waals surface area contributed by atoms with E-state index in [1.165, 1.54) is 18.3 Å². The molecule has 0 aliphatic rings. The van der Waals surface area contributed by atoms with Crippen molar-refractivity contribution >= 4 is 34.3 Å². The molecule has 0 spiro atoms. The van der Waals surface area contributed by atoms with E-state index < -0.39 is 0 Å². The Morgan fingerprint density at radius 2 is 2.25 bits per heavy atom. The monoisotopic (exact) mass is 200 g/mol. The summed E-state index contributed by atoms with van der Waals surface area (Å²) in [6.07, 6.45) is 0. The van der Waals surface area contributed by atoms with Crippen LogP contribution in [0.2, 0.25) is 0 Å². The van der Waals surface area contributed by atoms with Crippen LogP contribution < -0.4 is 5.73 Å². The largest absolute Gasteiger partial charge is 0.387 e. The number of carbonyl (C=O) groups is 1. The number of carbonyl (C=O) groups excluding carboxylic acids is 1. The summed E-state index contributed by atoms with van der Waals surface area (Å²) >= 11 is 6.09. The lowest BCUT2D eigenvalue weighted by Crippen LogP contribution is -2.09. The van der Waals surface area contributed by atoms with Gasteiger partial charge in [0.15, 0.2) is 10.8 Å². The lowest BCUT2D eigenvalue weighted by atomic mass is 10.3. The first-order valence-corrected chi connectivity index (χ1v) is 4.53. The van der Waals surface area contributed by atoms with Gasteiger partial charge in [0.05, 0.1) is 0 Å². The summed E-state index contributed by atoms with van der Waals surface area (Å²) in [6, 6.07) is 0. The van der Waals surface area contributed by atoms with Crippen LogP contribution in [0.3, 0.4) is 0 Å². The SMILES string of the molecule is CC(=O)c1nc(C(N)=S)sc1C. The lowest BCUT2D eigenvalue weighted by Gasteiger charge is -1.87. The average molecular weight is 200 g/mol. The molecule has 0 atom stereocenters. The molecule has 1 heterocycles. The number of nitrogens with two attached hydrogens (primary N) is 1. The molecule has 0 aromatic carbocycles. The average Bonchev–Trinajstić information content (AvgIpc) is 2.30. The lowest BCUT2D eigenvalue weighted by molar-refractivity contribution is 0.101. The highest BCUT2D eigenvalue weighted by Crippen LogP contribution is 2.17. The van der Waals surface area contributed by atoms with Gasteiger partial charge in [-0.2, -0.15) is 0 Å². The van der Waals surface area contributed by atoms with Crippen LogP contribution in [0.15, 0.2) is 0 Å². The van der Waals surface area contributed by atoms with Crippen molar-refractivity contribution in [1.82, 2.24) is 4.98 Å². The topological polar surface area (TPSA) is 56.0 Å². The summed E-state index contributed by atoms with van der Waals surface area (Å²) in [4.78, 5) is 16.1. The van der Waals surface area contributed by atoms with Crippen LogP contribution in [0, 0.1) is 6.92 Å². The molecule has 0 fully saturated rings. The van der Waals surface area contributed by atoms with Gasteiger partial charge in [-0.25, -0.2) is 4.98 Å². The molecule has 1 aromatic heterocycles. The molecule has 0 aliphatic carbocycles. The van der Waals surface area contributed by atoms with Crippen LogP contribution in [0.25, 0.3) is 0 Å². The second-order valence-electron chi connectivity index (χ2n) is 2.34. The van der Waals surface area contributed by atoms with Gasteiger partial charge in [-0.15, -0.1) is 11.3 Å². The Morgan fingerprint density at radius 3 is 2.50 bits per heavy atom. The van der Waals surface area contributed by atoms with Crippen molar-refractivity contribution in [1.29, 1.82) is 0 Å². The predicted octanol–water partition coefficient (Wildman–Crippen LogP) is 1.29. The Hall–Kier alpha value is -0.810. The summed E-state index contributed by atoms with van der Waals surface area (Å²) in [5.74, 6) is -0.0498. The summed E-state index contributed by atoms with van der Waals surface area (Å²) in [5.41, 5.74) is 5.84. The van der Waals surface area contributed by atoms with Crippen LogP contribution >= 0.6 is 23.6 Å². The van der Waals surface area contributed by atoms with Gasteiger partial charge in [0.25, 0.3) is 0 Å². The molecular weight excluding hydrogens is 192 g/mol. The van der Waals surface area contributed by atoms with Crippen LogP contribution in [0.4, 0.5) is 0 Å². The quantitative estimate of drug-likeness (QED) is 0.577. The maximum atomic E-state index is 11.0. The molecule has 1 aromatic rings. The first-order valence-electron chi connectivity index (χ1n) is 3.30. The Labute approximate surface area is 79.6 Å². The number of Topliss-reactive ketones (excluding diaryl/α,β-unsaturated/α-hetero) is 1. The van der Waals surface area contributed by atoms with Gasteiger partial charge < -0.3 is 5.73 Å². The predicted molar refractivity (Wildman–Crippen MR) is 52.7 cm³/mol. The molecule has 2 N–H and O–H groups in total. The number of nitrogens with zero attached hydrogens (tertiary/aromatic N) is 1. The minimum Gasteiger partial charge on any atom is -0.387 e. The smallest absolute Gasteiger partial charge is 0.179 e. The third kappa shape index (κ3) is 1.67. The number of hydrogen-bond donors (Lipinski definition) is 1. The fraction of sp³-hybridized carbons (Fsp3) is 0.286. The van der Waals surface area contributed by atoms with E-state index in [2.05, 4.69) is 4.98 Å². The van der Waals surface area contributed by atoms with Gasteiger partial charge in [-0.1, -0.05) is 12.2 Å². The molecular formula is C7H8N2OS2. The maximum Gasteiger partial charge on any atom is 0.179 e. The van der Waals surface area contributed by atoms with Crippen molar-refractivity contribution in [3.05, 3.63) is 15.6 Å². The van der Waals surface area contributed by atoms with Crippen LogP contribution in [0.1, 0.15) is 27.3 Å². The molecule has 0 aliphatic heterocycles. The van der Waals surface area contributed by atoms with Gasteiger partial charge in [0, 0.05) is 11.8 Å². The molecule has 3 nitrogen and oxygen atoms in total. The van der Waals surface area contributed by atoms with Crippen molar-refractivity contribution in [2.24, 2.45) is 5.73 Å². The molecule has 0 bridgehead atoms. The van der Waals surface area contributed by atoms with E-state index in [1.54, 1.807) is 0 Å². The maximum absolute atomic E-state index is 11.0. The molecule has 12 heavy (non-hydrogen) atoms. The highest BCUT2D eigenvalue weighted by atomic mass is 32.1. The van der Waals surface area contributed by atoms with Gasteiger partial charge in [0.1, 0.15) is 10.7 Å². The van der Waals surface area contributed by atoms with Crippen molar-refractivity contribution in [2.75, 3.05) is 0 Å². The number of rotatable bonds is 2. The summed E-state index contributed by atoms with van der Waals surface area (Å²) in [5, 5.41) is 0.563. The zero-order valence-electron chi connectivity index (χ0n) is 6.75. The third-order valence-electron chi connectivity index (χ3n) is 1.34. The molecule has 64 valence electrons. The van der Waals surface area contributed by atoms with Crippen LogP contribution in [-0.4, -0.2) is 15.8 Å².